The lowest BCUT2D eigenvalue weighted by Gasteiger charge is -2.38. The summed E-state index contributed by atoms with van der Waals surface area (Å²) in [6.07, 6.45) is 7.43. The Labute approximate surface area is 206 Å². The summed E-state index contributed by atoms with van der Waals surface area (Å²) in [6, 6.07) is 14.9. The molecule has 0 saturated carbocycles. The van der Waals surface area contributed by atoms with Crippen molar-refractivity contribution in [1.82, 2.24) is 9.88 Å². The van der Waals surface area contributed by atoms with Crippen LogP contribution >= 0.6 is 11.8 Å². The molecular formula is C28H35FN2O2S. The van der Waals surface area contributed by atoms with E-state index in [-0.39, 0.29) is 12.4 Å². The van der Waals surface area contributed by atoms with Crippen LogP contribution in [-0.2, 0) is 6.42 Å². The number of benzene rings is 2. The van der Waals surface area contributed by atoms with E-state index in [4.69, 9.17) is 4.74 Å². The van der Waals surface area contributed by atoms with Gasteiger partial charge in [0, 0.05) is 29.6 Å². The lowest BCUT2D eigenvalue weighted by Crippen LogP contribution is -2.42. The molecule has 4 rings (SSSR count). The third-order valence-corrected chi connectivity index (χ3v) is 8.07. The van der Waals surface area contributed by atoms with Crippen LogP contribution in [0.4, 0.5) is 4.39 Å². The minimum atomic E-state index is -0.184. The number of fused-ring (bicyclic) bond motifs is 1. The average molecular weight is 483 g/mol. The molecule has 1 aromatic heterocycles. The highest BCUT2D eigenvalue weighted by Crippen LogP contribution is 2.30. The maximum Gasteiger partial charge on any atom is 0.123 e. The van der Waals surface area contributed by atoms with Crippen LogP contribution in [0.2, 0.25) is 0 Å². The van der Waals surface area contributed by atoms with Crippen LogP contribution in [0.15, 0.2) is 59.6 Å². The summed E-state index contributed by atoms with van der Waals surface area (Å²) in [4.78, 5) is 8.11. The number of ether oxygens (including phenoxy) is 1. The standard InChI is InChI=1S/C28H35FN2O2S/c1-33-25-8-11-28-27(18-25)22(12-14-30-28)5-2-4-21-13-16-31(19-23(21)20-32)15-3-17-34-26-9-6-24(29)7-10-26/h6-12,14,18,21,23,32H,2-5,13,15-17,19-20H2,1H3/t21-,23-/m1/s1. The molecule has 0 spiro atoms. The lowest BCUT2D eigenvalue weighted by molar-refractivity contribution is 0.0677. The zero-order valence-corrected chi connectivity index (χ0v) is 20.8. The molecular weight excluding hydrogens is 447 g/mol. The minimum Gasteiger partial charge on any atom is -0.497 e. The smallest absolute Gasteiger partial charge is 0.123 e. The Bertz CT molecular complexity index is 1050. The van der Waals surface area contributed by atoms with Gasteiger partial charge >= 0.3 is 0 Å². The van der Waals surface area contributed by atoms with Crippen molar-refractivity contribution in [2.24, 2.45) is 11.8 Å². The van der Waals surface area contributed by atoms with Gasteiger partial charge in [-0.3, -0.25) is 4.98 Å². The molecule has 34 heavy (non-hydrogen) atoms. The fourth-order valence-electron chi connectivity index (χ4n) is 5.04. The van der Waals surface area contributed by atoms with E-state index in [1.54, 1.807) is 18.9 Å². The number of thioether (sulfide) groups is 1. The Morgan fingerprint density at radius 1 is 1.12 bits per heavy atom. The summed E-state index contributed by atoms with van der Waals surface area (Å²) in [5, 5.41) is 11.2. The van der Waals surface area contributed by atoms with Crippen LogP contribution in [-0.4, -0.2) is 54.1 Å². The van der Waals surface area contributed by atoms with E-state index in [0.29, 0.717) is 11.8 Å². The third-order valence-electron chi connectivity index (χ3n) is 6.97. The van der Waals surface area contributed by atoms with Crippen LogP contribution in [0.3, 0.4) is 0 Å². The zero-order valence-electron chi connectivity index (χ0n) is 20.0. The van der Waals surface area contributed by atoms with Crippen LogP contribution < -0.4 is 4.74 Å². The van der Waals surface area contributed by atoms with Crippen molar-refractivity contribution in [2.45, 2.75) is 37.0 Å². The summed E-state index contributed by atoms with van der Waals surface area (Å²) in [6.45, 7) is 3.42. The van der Waals surface area contributed by atoms with E-state index in [1.807, 2.05) is 30.5 Å². The van der Waals surface area contributed by atoms with E-state index in [2.05, 4.69) is 22.0 Å². The Kier molecular flexibility index (Phi) is 9.19. The van der Waals surface area contributed by atoms with Crippen molar-refractivity contribution in [3.05, 3.63) is 66.1 Å². The van der Waals surface area contributed by atoms with Gasteiger partial charge in [-0.25, -0.2) is 4.39 Å². The minimum absolute atomic E-state index is 0.184. The van der Waals surface area contributed by atoms with E-state index in [9.17, 15) is 9.50 Å². The quantitative estimate of drug-likeness (QED) is 0.276. The molecule has 0 radical (unpaired) electrons. The number of nitrogens with zero attached hydrogens (tertiary/aromatic N) is 2. The van der Waals surface area contributed by atoms with Gasteiger partial charge < -0.3 is 14.7 Å². The van der Waals surface area contributed by atoms with Gasteiger partial charge in [0.25, 0.3) is 0 Å². The van der Waals surface area contributed by atoms with E-state index in [1.165, 1.54) is 23.1 Å². The number of aliphatic hydroxyl groups excluding tert-OH is 1. The molecule has 1 fully saturated rings. The van der Waals surface area contributed by atoms with E-state index < -0.39 is 0 Å². The first kappa shape index (κ1) is 25.0. The van der Waals surface area contributed by atoms with Gasteiger partial charge in [-0.05, 0) is 117 Å². The van der Waals surface area contributed by atoms with Crippen LogP contribution in [0.1, 0.15) is 31.2 Å². The maximum absolute atomic E-state index is 13.0. The van der Waals surface area contributed by atoms with Crippen molar-refractivity contribution in [3.63, 3.8) is 0 Å². The largest absolute Gasteiger partial charge is 0.497 e. The summed E-state index contributed by atoms with van der Waals surface area (Å²) < 4.78 is 18.4. The molecule has 0 unspecified atom stereocenters. The second kappa shape index (κ2) is 12.5. The van der Waals surface area contributed by atoms with Crippen LogP contribution in [0.25, 0.3) is 10.9 Å². The van der Waals surface area contributed by atoms with Crippen molar-refractivity contribution in [3.8, 4) is 5.75 Å². The predicted octanol–water partition coefficient (Wildman–Crippen LogP) is 5.82. The Balaban J connectivity index is 1.21. The first-order valence-corrected chi connectivity index (χ1v) is 13.3. The molecule has 3 aromatic rings. The summed E-state index contributed by atoms with van der Waals surface area (Å²) >= 11 is 1.78. The number of hydrogen-bond donors (Lipinski definition) is 1. The van der Waals surface area contributed by atoms with Gasteiger partial charge in [0.05, 0.1) is 12.6 Å². The molecule has 2 atom stereocenters. The van der Waals surface area contributed by atoms with E-state index >= 15 is 0 Å². The molecule has 2 heterocycles. The highest BCUT2D eigenvalue weighted by molar-refractivity contribution is 7.99. The zero-order chi connectivity index (χ0) is 23.8. The topological polar surface area (TPSA) is 45.6 Å². The normalized spacial score (nSPS) is 18.9. The first-order valence-electron chi connectivity index (χ1n) is 12.3. The Morgan fingerprint density at radius 2 is 1.97 bits per heavy atom. The number of rotatable bonds is 11. The number of aromatic nitrogens is 1. The van der Waals surface area contributed by atoms with E-state index in [0.717, 1.165) is 73.7 Å². The highest BCUT2D eigenvalue weighted by Gasteiger charge is 2.28. The average Bonchev–Trinajstić information content (AvgIpc) is 2.88. The second-order valence-corrected chi connectivity index (χ2v) is 10.4. The number of pyridine rings is 1. The molecule has 2 aromatic carbocycles. The molecule has 1 saturated heterocycles. The lowest BCUT2D eigenvalue weighted by atomic mass is 9.82. The van der Waals surface area contributed by atoms with Crippen molar-refractivity contribution in [1.29, 1.82) is 0 Å². The highest BCUT2D eigenvalue weighted by atomic mass is 32.2. The Morgan fingerprint density at radius 3 is 2.76 bits per heavy atom. The predicted molar refractivity (Wildman–Crippen MR) is 138 cm³/mol. The Hall–Kier alpha value is -2.15. The number of hydrogen-bond acceptors (Lipinski definition) is 5. The van der Waals surface area contributed by atoms with Gasteiger partial charge in [0.1, 0.15) is 11.6 Å². The molecule has 6 heteroatoms. The second-order valence-electron chi connectivity index (χ2n) is 9.19. The van der Waals surface area contributed by atoms with Crippen molar-refractivity contribution >= 4 is 22.7 Å². The molecule has 0 bridgehead atoms. The maximum atomic E-state index is 13.0. The number of aliphatic hydroxyl groups is 1. The monoisotopic (exact) mass is 482 g/mol. The van der Waals surface area contributed by atoms with Crippen molar-refractivity contribution < 1.29 is 14.2 Å². The fraction of sp³-hybridized carbons (Fsp3) is 0.464. The number of halogens is 1. The van der Waals surface area contributed by atoms with Gasteiger partial charge in [0.15, 0.2) is 0 Å². The van der Waals surface area contributed by atoms with Gasteiger partial charge in [-0.15, -0.1) is 11.8 Å². The van der Waals surface area contributed by atoms with Gasteiger partial charge in [-0.2, -0.15) is 0 Å². The molecule has 1 N–H and O–H groups in total. The number of methoxy groups -OCH3 is 1. The van der Waals surface area contributed by atoms with Gasteiger partial charge in [0.2, 0.25) is 0 Å². The summed E-state index contributed by atoms with van der Waals surface area (Å²) in [5.74, 6) is 2.65. The molecule has 0 amide bonds. The molecule has 4 nitrogen and oxygen atoms in total. The number of likely N-dealkylation sites (tertiary alicyclic amines) is 1. The number of aryl methyl sites for hydroxylation is 1. The third kappa shape index (κ3) is 6.71. The van der Waals surface area contributed by atoms with Crippen molar-refractivity contribution in [2.75, 3.05) is 39.1 Å². The number of piperidine rings is 1. The first-order chi connectivity index (χ1) is 16.7. The van der Waals surface area contributed by atoms with Crippen LogP contribution in [0, 0.1) is 17.7 Å². The SMILES string of the molecule is COc1ccc2nccc(CCC[C@@H]3CCN(CCCSc4ccc(F)cc4)C[C@@H]3CO)c2c1. The molecule has 1 aliphatic rings. The summed E-state index contributed by atoms with van der Waals surface area (Å²) in [7, 11) is 1.70. The summed E-state index contributed by atoms with van der Waals surface area (Å²) in [5.41, 5.74) is 2.33. The molecule has 1 aliphatic heterocycles. The fourth-order valence-corrected chi connectivity index (χ4v) is 5.87. The molecule has 0 aliphatic carbocycles. The molecule has 182 valence electrons. The van der Waals surface area contributed by atoms with Crippen LogP contribution in [0.5, 0.6) is 5.75 Å². The van der Waals surface area contributed by atoms with Gasteiger partial charge in [-0.1, -0.05) is 0 Å².